The Labute approximate surface area is 166 Å². The zero-order valence-corrected chi connectivity index (χ0v) is 16.6. The van der Waals surface area contributed by atoms with E-state index in [1.165, 1.54) is 16.6 Å². The molecule has 0 amide bonds. The van der Waals surface area contributed by atoms with Crippen molar-refractivity contribution in [2.24, 2.45) is 0 Å². The van der Waals surface area contributed by atoms with Crippen molar-refractivity contribution in [2.45, 2.75) is 33.2 Å². The van der Waals surface area contributed by atoms with Crippen molar-refractivity contribution in [1.82, 2.24) is 9.55 Å². The van der Waals surface area contributed by atoms with Crippen LogP contribution in [-0.2, 0) is 6.54 Å². The summed E-state index contributed by atoms with van der Waals surface area (Å²) in [7, 11) is 0. The molecule has 0 aliphatic carbocycles. The molecule has 1 heterocycles. The van der Waals surface area contributed by atoms with Crippen molar-refractivity contribution in [1.29, 1.82) is 0 Å². The highest BCUT2D eigenvalue weighted by molar-refractivity contribution is 5.80. The first-order valence-corrected chi connectivity index (χ1v) is 9.92. The summed E-state index contributed by atoms with van der Waals surface area (Å²) in [6, 6.07) is 25.2. The molecule has 0 unspecified atom stereocenters. The molecule has 3 nitrogen and oxygen atoms in total. The van der Waals surface area contributed by atoms with E-state index < -0.39 is 0 Å². The topological polar surface area (TPSA) is 27.1 Å². The Morgan fingerprint density at radius 3 is 2.21 bits per heavy atom. The molecule has 1 aromatic heterocycles. The molecule has 0 fully saturated rings. The molecule has 0 bridgehead atoms. The number of aromatic nitrogens is 2. The van der Waals surface area contributed by atoms with Gasteiger partial charge in [-0.3, -0.25) is 0 Å². The average Bonchev–Trinajstić information content (AvgIpc) is 3.08. The van der Waals surface area contributed by atoms with Gasteiger partial charge in [-0.25, -0.2) is 4.98 Å². The molecule has 142 valence electrons. The second-order valence-corrected chi connectivity index (χ2v) is 7.31. The summed E-state index contributed by atoms with van der Waals surface area (Å²) >= 11 is 0. The van der Waals surface area contributed by atoms with Gasteiger partial charge >= 0.3 is 0 Å². The van der Waals surface area contributed by atoms with Crippen LogP contribution in [0.2, 0.25) is 0 Å². The van der Waals surface area contributed by atoms with Gasteiger partial charge in [-0.15, -0.1) is 0 Å². The molecule has 0 atom stereocenters. The van der Waals surface area contributed by atoms with E-state index in [0.29, 0.717) is 0 Å². The Balaban J connectivity index is 1.45. The van der Waals surface area contributed by atoms with Crippen LogP contribution in [0.4, 0.5) is 0 Å². The molecule has 0 radical (unpaired) electrons. The number of hydrogen-bond donors (Lipinski definition) is 0. The van der Waals surface area contributed by atoms with E-state index in [9.17, 15) is 0 Å². The van der Waals surface area contributed by atoms with Crippen LogP contribution in [0, 0.1) is 13.8 Å². The third-order valence-electron chi connectivity index (χ3n) is 5.03. The number of benzene rings is 3. The summed E-state index contributed by atoms with van der Waals surface area (Å²) < 4.78 is 8.21. The van der Waals surface area contributed by atoms with Gasteiger partial charge in [-0.05, 0) is 51.0 Å². The number of fused-ring (bicyclic) bond motifs is 1. The number of imidazole rings is 1. The number of para-hydroxylation sites is 2. The molecule has 0 spiro atoms. The molecule has 0 saturated heterocycles. The van der Waals surface area contributed by atoms with Gasteiger partial charge in [0.05, 0.1) is 17.6 Å². The summed E-state index contributed by atoms with van der Waals surface area (Å²) in [6.07, 6.45) is 2.05. The van der Waals surface area contributed by atoms with E-state index in [2.05, 4.69) is 73.0 Å². The molecular weight excluding hydrogens is 344 g/mol. The zero-order chi connectivity index (χ0) is 19.3. The minimum absolute atomic E-state index is 0.732. The summed E-state index contributed by atoms with van der Waals surface area (Å²) in [5.41, 5.74) is 5.92. The van der Waals surface area contributed by atoms with Gasteiger partial charge in [-0.1, -0.05) is 59.7 Å². The van der Waals surface area contributed by atoms with Gasteiger partial charge in [-0.2, -0.15) is 0 Å². The molecule has 4 rings (SSSR count). The van der Waals surface area contributed by atoms with Gasteiger partial charge in [0.25, 0.3) is 0 Å². The van der Waals surface area contributed by atoms with Crippen LogP contribution < -0.4 is 4.74 Å². The second kappa shape index (κ2) is 8.30. The number of nitrogens with zero attached hydrogens (tertiary/aromatic N) is 2. The summed E-state index contributed by atoms with van der Waals surface area (Å²) in [5.74, 6) is 1.99. The number of ether oxygens (including phenoxy) is 1. The number of unbranched alkanes of at least 4 members (excludes halogenated alkanes) is 1. The molecule has 4 aromatic rings. The van der Waals surface area contributed by atoms with Gasteiger partial charge in [0.15, 0.2) is 0 Å². The normalized spacial score (nSPS) is 11.1. The van der Waals surface area contributed by atoms with Crippen LogP contribution in [0.15, 0.2) is 72.8 Å². The second-order valence-electron chi connectivity index (χ2n) is 7.31. The van der Waals surface area contributed by atoms with Gasteiger partial charge in [0.1, 0.15) is 11.6 Å². The quantitative estimate of drug-likeness (QED) is 0.363. The molecule has 0 saturated carbocycles. The summed E-state index contributed by atoms with van der Waals surface area (Å²) in [6.45, 7) is 5.86. The van der Waals surface area contributed by atoms with E-state index in [4.69, 9.17) is 9.72 Å². The third-order valence-corrected chi connectivity index (χ3v) is 5.03. The predicted molar refractivity (Wildman–Crippen MR) is 116 cm³/mol. The molecule has 0 aliphatic heterocycles. The Morgan fingerprint density at radius 1 is 0.786 bits per heavy atom. The molecule has 0 N–H and O–H groups in total. The fourth-order valence-electron chi connectivity index (χ4n) is 3.42. The van der Waals surface area contributed by atoms with Crippen molar-refractivity contribution in [3.63, 3.8) is 0 Å². The largest absolute Gasteiger partial charge is 0.494 e. The summed E-state index contributed by atoms with van der Waals surface area (Å²) in [4.78, 5) is 4.90. The van der Waals surface area contributed by atoms with Crippen LogP contribution in [0.25, 0.3) is 22.4 Å². The van der Waals surface area contributed by atoms with E-state index in [0.717, 1.165) is 48.6 Å². The first-order valence-electron chi connectivity index (χ1n) is 9.92. The van der Waals surface area contributed by atoms with Crippen molar-refractivity contribution >= 4 is 11.0 Å². The van der Waals surface area contributed by atoms with Crippen molar-refractivity contribution in [2.75, 3.05) is 6.61 Å². The minimum Gasteiger partial charge on any atom is -0.494 e. The zero-order valence-electron chi connectivity index (χ0n) is 16.6. The smallest absolute Gasteiger partial charge is 0.141 e. The van der Waals surface area contributed by atoms with E-state index in [1.807, 2.05) is 18.2 Å². The maximum absolute atomic E-state index is 5.87. The lowest BCUT2D eigenvalue weighted by molar-refractivity contribution is 0.303. The number of rotatable bonds is 7. The van der Waals surface area contributed by atoms with E-state index >= 15 is 0 Å². The van der Waals surface area contributed by atoms with Crippen molar-refractivity contribution in [3.05, 3.63) is 83.9 Å². The average molecular weight is 370 g/mol. The van der Waals surface area contributed by atoms with Crippen molar-refractivity contribution < 1.29 is 4.74 Å². The first-order chi connectivity index (χ1) is 13.7. The van der Waals surface area contributed by atoms with E-state index in [1.54, 1.807) is 0 Å². The summed E-state index contributed by atoms with van der Waals surface area (Å²) in [5, 5.41) is 0. The third kappa shape index (κ3) is 4.09. The molecule has 3 heteroatoms. The van der Waals surface area contributed by atoms with Crippen LogP contribution in [0.1, 0.15) is 24.0 Å². The molecule has 0 aliphatic rings. The van der Waals surface area contributed by atoms with E-state index in [-0.39, 0.29) is 0 Å². The molecule has 28 heavy (non-hydrogen) atoms. The maximum Gasteiger partial charge on any atom is 0.141 e. The minimum atomic E-state index is 0.732. The Hall–Kier alpha value is -3.07. The van der Waals surface area contributed by atoms with Crippen LogP contribution in [0.5, 0.6) is 5.75 Å². The maximum atomic E-state index is 5.87. The number of aryl methyl sites for hydroxylation is 3. The monoisotopic (exact) mass is 370 g/mol. The Bertz CT molecular complexity index is 1050. The van der Waals surface area contributed by atoms with Crippen LogP contribution in [0.3, 0.4) is 0 Å². The lowest BCUT2D eigenvalue weighted by Crippen LogP contribution is -2.04. The first kappa shape index (κ1) is 18.3. The molecular formula is C25H26N2O. The lowest BCUT2D eigenvalue weighted by atomic mass is 10.1. The highest BCUT2D eigenvalue weighted by Gasteiger charge is 2.12. The number of hydrogen-bond acceptors (Lipinski definition) is 2. The standard InChI is InChI=1S/C25H26N2O/c1-19-9-13-21(14-10-19)25-26-23-7-3-4-8-24(23)27(25)17-5-6-18-28-22-15-11-20(2)12-16-22/h3-4,7-16H,5-6,17-18H2,1-2H3. The van der Waals surface area contributed by atoms with Crippen LogP contribution in [-0.4, -0.2) is 16.2 Å². The van der Waals surface area contributed by atoms with Gasteiger partial charge < -0.3 is 9.30 Å². The molecule has 3 aromatic carbocycles. The van der Waals surface area contributed by atoms with Crippen LogP contribution >= 0.6 is 0 Å². The van der Waals surface area contributed by atoms with Gasteiger partial charge in [0.2, 0.25) is 0 Å². The fourth-order valence-corrected chi connectivity index (χ4v) is 3.42. The lowest BCUT2D eigenvalue weighted by Gasteiger charge is -2.10. The highest BCUT2D eigenvalue weighted by Crippen LogP contribution is 2.25. The predicted octanol–water partition coefficient (Wildman–Crippen LogP) is 6.18. The SMILES string of the molecule is Cc1ccc(OCCCCn2c(-c3ccc(C)cc3)nc3ccccc32)cc1. The highest BCUT2D eigenvalue weighted by atomic mass is 16.5. The Morgan fingerprint density at radius 2 is 1.46 bits per heavy atom. The van der Waals surface area contributed by atoms with Crippen molar-refractivity contribution in [3.8, 4) is 17.1 Å². The fraction of sp³-hybridized carbons (Fsp3) is 0.240. The Kier molecular flexibility index (Phi) is 5.43. The van der Waals surface area contributed by atoms with Gasteiger partial charge in [0, 0.05) is 12.1 Å².